The van der Waals surface area contributed by atoms with Crippen molar-refractivity contribution >= 4 is 17.4 Å². The molecule has 1 atom stereocenters. The first-order valence-electron chi connectivity index (χ1n) is 6.51. The summed E-state index contributed by atoms with van der Waals surface area (Å²) in [6.07, 6.45) is 5.80. The second kappa shape index (κ2) is 5.74. The normalized spacial score (nSPS) is 16.9. The molecule has 1 aromatic heterocycles. The second-order valence-electron chi connectivity index (χ2n) is 5.36. The van der Waals surface area contributed by atoms with Crippen molar-refractivity contribution in [1.29, 1.82) is 0 Å². The summed E-state index contributed by atoms with van der Waals surface area (Å²) in [5.74, 6) is 1.45. The summed E-state index contributed by atoms with van der Waals surface area (Å²) in [7, 11) is 0. The van der Waals surface area contributed by atoms with Gasteiger partial charge in [-0.3, -0.25) is 4.79 Å². The Morgan fingerprint density at radius 1 is 1.56 bits per heavy atom. The average molecular weight is 270 g/mol. The highest BCUT2D eigenvalue weighted by Crippen LogP contribution is 2.35. The molecule has 1 aromatic rings. The zero-order valence-corrected chi connectivity index (χ0v) is 11.7. The molecular weight excluding hydrogens is 250 g/mol. The van der Waals surface area contributed by atoms with Crippen molar-refractivity contribution in [3.63, 3.8) is 0 Å². The molecule has 5 heteroatoms. The minimum absolute atomic E-state index is 0.0640. The number of anilines is 1. The fourth-order valence-electron chi connectivity index (χ4n) is 1.92. The summed E-state index contributed by atoms with van der Waals surface area (Å²) in [4.78, 5) is 16.2. The Bertz CT molecular complexity index is 454. The number of halogens is 1. The number of rotatable bonds is 6. The summed E-state index contributed by atoms with van der Waals surface area (Å²) in [6, 6.07) is 0. The van der Waals surface area contributed by atoms with E-state index in [-0.39, 0.29) is 10.9 Å². The summed E-state index contributed by atoms with van der Waals surface area (Å²) in [5.41, 5.74) is -0.0640. The smallest absolute Gasteiger partial charge is 0.293 e. The number of aromatic nitrogens is 2. The minimum Gasteiger partial charge on any atom is -0.364 e. The molecule has 0 bridgehead atoms. The maximum Gasteiger partial charge on any atom is 0.293 e. The molecule has 0 aliphatic heterocycles. The topological polar surface area (TPSA) is 46.9 Å². The Morgan fingerprint density at radius 3 is 2.89 bits per heavy atom. The first-order chi connectivity index (χ1) is 8.58. The Labute approximate surface area is 112 Å². The van der Waals surface area contributed by atoms with Crippen LogP contribution < -0.4 is 10.9 Å². The van der Waals surface area contributed by atoms with Crippen LogP contribution in [0.5, 0.6) is 0 Å². The Kier molecular flexibility index (Phi) is 4.27. The largest absolute Gasteiger partial charge is 0.364 e. The van der Waals surface area contributed by atoms with Gasteiger partial charge in [-0.2, -0.15) is 0 Å². The van der Waals surface area contributed by atoms with E-state index in [0.29, 0.717) is 30.7 Å². The maximum absolute atomic E-state index is 12.1. The highest BCUT2D eigenvalue weighted by Gasteiger charge is 2.29. The minimum atomic E-state index is -0.0640. The molecule has 4 nitrogen and oxygen atoms in total. The number of hydrogen-bond donors (Lipinski definition) is 1. The van der Waals surface area contributed by atoms with E-state index in [0.717, 1.165) is 0 Å². The molecule has 1 aliphatic rings. The molecular formula is C13H20ClN3O. The van der Waals surface area contributed by atoms with Gasteiger partial charge in [-0.15, -0.1) is 11.6 Å². The van der Waals surface area contributed by atoms with Crippen molar-refractivity contribution in [2.24, 2.45) is 11.8 Å². The molecule has 1 aliphatic carbocycles. The summed E-state index contributed by atoms with van der Waals surface area (Å²) < 4.78 is 1.69. The van der Waals surface area contributed by atoms with E-state index in [1.54, 1.807) is 17.0 Å². The highest BCUT2D eigenvalue weighted by atomic mass is 35.5. The molecule has 0 amide bonds. The van der Waals surface area contributed by atoms with Gasteiger partial charge in [0, 0.05) is 25.5 Å². The van der Waals surface area contributed by atoms with E-state index < -0.39 is 0 Å². The molecule has 1 N–H and O–H groups in total. The highest BCUT2D eigenvalue weighted by molar-refractivity contribution is 6.21. The lowest BCUT2D eigenvalue weighted by Crippen LogP contribution is -2.28. The lowest BCUT2D eigenvalue weighted by Gasteiger charge is -2.12. The van der Waals surface area contributed by atoms with Crippen LogP contribution in [0.2, 0.25) is 0 Å². The Hall–Kier alpha value is -1.03. The molecule has 2 rings (SSSR count). The van der Waals surface area contributed by atoms with Crippen LogP contribution >= 0.6 is 11.6 Å². The fraction of sp³-hybridized carbons (Fsp3) is 0.692. The van der Waals surface area contributed by atoms with Gasteiger partial charge in [0.15, 0.2) is 5.82 Å². The van der Waals surface area contributed by atoms with E-state index in [4.69, 9.17) is 11.6 Å². The van der Waals surface area contributed by atoms with E-state index >= 15 is 0 Å². The van der Waals surface area contributed by atoms with Gasteiger partial charge in [0.25, 0.3) is 5.56 Å². The van der Waals surface area contributed by atoms with Gasteiger partial charge in [0.05, 0.1) is 5.38 Å². The summed E-state index contributed by atoms with van der Waals surface area (Å²) in [6.45, 7) is 5.49. The first-order valence-corrected chi connectivity index (χ1v) is 6.95. The fourth-order valence-corrected chi connectivity index (χ4v) is 2.25. The van der Waals surface area contributed by atoms with Gasteiger partial charge in [-0.1, -0.05) is 13.8 Å². The van der Waals surface area contributed by atoms with Gasteiger partial charge in [0.1, 0.15) is 0 Å². The van der Waals surface area contributed by atoms with E-state index in [2.05, 4.69) is 24.1 Å². The van der Waals surface area contributed by atoms with Crippen LogP contribution in [0.15, 0.2) is 17.2 Å². The van der Waals surface area contributed by atoms with Crippen molar-refractivity contribution < 1.29 is 0 Å². The third-order valence-corrected chi connectivity index (χ3v) is 3.58. The average Bonchev–Trinajstić information content (AvgIpc) is 3.13. The molecule has 18 heavy (non-hydrogen) atoms. The molecule has 100 valence electrons. The predicted molar refractivity (Wildman–Crippen MR) is 74.2 cm³/mol. The monoisotopic (exact) mass is 269 g/mol. The van der Waals surface area contributed by atoms with Crippen molar-refractivity contribution in [2.75, 3.05) is 11.9 Å². The van der Waals surface area contributed by atoms with Crippen molar-refractivity contribution in [2.45, 2.75) is 38.6 Å². The van der Waals surface area contributed by atoms with Crippen LogP contribution in [0.4, 0.5) is 5.82 Å². The van der Waals surface area contributed by atoms with E-state index in [1.165, 1.54) is 12.8 Å². The molecule has 0 aromatic carbocycles. The first kappa shape index (κ1) is 13.4. The lowest BCUT2D eigenvalue weighted by atomic mass is 10.2. The summed E-state index contributed by atoms with van der Waals surface area (Å²) >= 11 is 6.21. The van der Waals surface area contributed by atoms with Gasteiger partial charge in [0.2, 0.25) is 0 Å². The van der Waals surface area contributed by atoms with Crippen LogP contribution in [0.1, 0.15) is 26.7 Å². The second-order valence-corrected chi connectivity index (χ2v) is 5.92. The molecule has 1 heterocycles. The van der Waals surface area contributed by atoms with Gasteiger partial charge in [-0.25, -0.2) is 4.98 Å². The van der Waals surface area contributed by atoms with Crippen molar-refractivity contribution in [3.05, 3.63) is 22.7 Å². The molecule has 0 spiro atoms. The molecule has 0 radical (unpaired) electrons. The number of alkyl halides is 1. The standard InChI is InChI=1S/C13H20ClN3O/c1-9(2)8-17-6-5-15-12(13(17)18)16-7-11(14)10-3-4-10/h5-6,9-11H,3-4,7-8H2,1-2H3,(H,15,16). The summed E-state index contributed by atoms with van der Waals surface area (Å²) in [5, 5.41) is 3.17. The van der Waals surface area contributed by atoms with Gasteiger partial charge < -0.3 is 9.88 Å². The molecule has 1 saturated carbocycles. The van der Waals surface area contributed by atoms with Crippen LogP contribution in [0.25, 0.3) is 0 Å². The van der Waals surface area contributed by atoms with Gasteiger partial charge >= 0.3 is 0 Å². The number of nitrogens with zero attached hydrogens (tertiary/aromatic N) is 2. The van der Waals surface area contributed by atoms with Crippen molar-refractivity contribution in [1.82, 2.24) is 9.55 Å². The van der Waals surface area contributed by atoms with Crippen LogP contribution in [0.3, 0.4) is 0 Å². The number of hydrogen-bond acceptors (Lipinski definition) is 3. The zero-order chi connectivity index (χ0) is 13.1. The zero-order valence-electron chi connectivity index (χ0n) is 10.9. The third-order valence-electron chi connectivity index (χ3n) is 3.07. The van der Waals surface area contributed by atoms with Crippen LogP contribution in [-0.4, -0.2) is 21.5 Å². The third kappa shape index (κ3) is 3.48. The van der Waals surface area contributed by atoms with Crippen LogP contribution in [-0.2, 0) is 6.54 Å². The lowest BCUT2D eigenvalue weighted by molar-refractivity contribution is 0.509. The van der Waals surface area contributed by atoms with Crippen LogP contribution in [0, 0.1) is 11.8 Å². The quantitative estimate of drug-likeness (QED) is 0.807. The predicted octanol–water partition coefficient (Wildman–Crippen LogP) is 2.33. The van der Waals surface area contributed by atoms with Crippen molar-refractivity contribution in [3.8, 4) is 0 Å². The van der Waals surface area contributed by atoms with Gasteiger partial charge in [-0.05, 0) is 24.7 Å². The Balaban J connectivity index is 2.01. The molecule has 0 saturated heterocycles. The Morgan fingerprint density at radius 2 is 2.28 bits per heavy atom. The van der Waals surface area contributed by atoms with E-state index in [1.807, 2.05) is 0 Å². The molecule has 1 fully saturated rings. The van der Waals surface area contributed by atoms with E-state index in [9.17, 15) is 4.79 Å². The molecule has 1 unspecified atom stereocenters. The SMILES string of the molecule is CC(C)Cn1ccnc(NCC(Cl)C2CC2)c1=O. The number of nitrogens with one attached hydrogen (secondary N) is 1. The maximum atomic E-state index is 12.1.